The standard InChI is InChI=1S/C19H19ClN2O5S/c1-11-9-22(10-12(2)26-11)28(24,25)18-7-13-17(8-14(18)20)27-16-6-4-3-5-15(16)21-19(13)23/h3-8,11-12H,9-10H2,1-2H3,(H,21,23). The average Bonchev–Trinajstić information content (AvgIpc) is 2.75. The minimum Gasteiger partial charge on any atom is -0.454 e. The van der Waals surface area contributed by atoms with Crippen LogP contribution in [0.4, 0.5) is 5.69 Å². The van der Waals surface area contributed by atoms with E-state index in [1.165, 1.54) is 16.4 Å². The smallest absolute Gasteiger partial charge is 0.259 e. The molecular formula is C19H19ClN2O5S. The molecule has 28 heavy (non-hydrogen) atoms. The number of rotatable bonds is 2. The molecule has 1 fully saturated rings. The van der Waals surface area contributed by atoms with E-state index in [0.717, 1.165) is 0 Å². The van der Waals surface area contributed by atoms with Crippen LogP contribution in [0.1, 0.15) is 24.2 Å². The molecule has 2 aromatic rings. The van der Waals surface area contributed by atoms with Crippen molar-refractivity contribution in [2.45, 2.75) is 31.0 Å². The van der Waals surface area contributed by atoms with E-state index in [0.29, 0.717) is 11.4 Å². The summed E-state index contributed by atoms with van der Waals surface area (Å²) in [6.45, 7) is 4.06. The van der Waals surface area contributed by atoms with Crippen LogP contribution in [0.15, 0.2) is 41.3 Å². The maximum Gasteiger partial charge on any atom is 0.259 e. The van der Waals surface area contributed by atoms with Gasteiger partial charge < -0.3 is 14.8 Å². The Morgan fingerprint density at radius 2 is 1.79 bits per heavy atom. The maximum atomic E-state index is 13.2. The average molecular weight is 423 g/mol. The Balaban J connectivity index is 1.77. The van der Waals surface area contributed by atoms with Gasteiger partial charge in [-0.1, -0.05) is 23.7 Å². The van der Waals surface area contributed by atoms with Gasteiger partial charge in [-0.2, -0.15) is 4.31 Å². The molecule has 0 aromatic heterocycles. The van der Waals surface area contributed by atoms with Crippen LogP contribution in [0, 0.1) is 0 Å². The van der Waals surface area contributed by atoms with Crippen molar-refractivity contribution in [2.24, 2.45) is 0 Å². The SMILES string of the molecule is CC1CN(S(=O)(=O)c2cc3c(cc2Cl)Oc2ccccc2NC3=O)CC(C)O1. The van der Waals surface area contributed by atoms with Gasteiger partial charge in [-0.15, -0.1) is 0 Å². The van der Waals surface area contributed by atoms with Gasteiger partial charge in [-0.25, -0.2) is 8.42 Å². The highest BCUT2D eigenvalue weighted by molar-refractivity contribution is 7.89. The zero-order valence-electron chi connectivity index (χ0n) is 15.3. The van der Waals surface area contributed by atoms with Crippen molar-refractivity contribution in [2.75, 3.05) is 18.4 Å². The molecule has 148 valence electrons. The van der Waals surface area contributed by atoms with E-state index >= 15 is 0 Å². The minimum absolute atomic E-state index is 0.00210. The van der Waals surface area contributed by atoms with Crippen molar-refractivity contribution in [3.63, 3.8) is 0 Å². The third-order valence-corrected chi connectivity index (χ3v) is 6.93. The fraction of sp³-hybridized carbons (Fsp3) is 0.316. The number of nitrogens with one attached hydrogen (secondary N) is 1. The number of sulfonamides is 1. The molecule has 0 bridgehead atoms. The first-order valence-corrected chi connectivity index (χ1v) is 10.6. The van der Waals surface area contributed by atoms with Gasteiger partial charge in [0.1, 0.15) is 10.6 Å². The van der Waals surface area contributed by atoms with Gasteiger partial charge >= 0.3 is 0 Å². The Labute approximate surface area is 168 Å². The first kappa shape index (κ1) is 19.2. The lowest BCUT2D eigenvalue weighted by Gasteiger charge is -2.34. The van der Waals surface area contributed by atoms with Crippen molar-refractivity contribution >= 4 is 33.2 Å². The molecule has 1 N–H and O–H groups in total. The molecule has 0 spiro atoms. The van der Waals surface area contributed by atoms with E-state index in [4.69, 9.17) is 21.1 Å². The molecule has 1 saturated heterocycles. The summed E-state index contributed by atoms with van der Waals surface area (Å²) < 4.78 is 39.2. The number of carbonyl (C=O) groups is 1. The van der Waals surface area contributed by atoms with E-state index in [1.807, 2.05) is 13.8 Å². The molecule has 9 heteroatoms. The summed E-state index contributed by atoms with van der Waals surface area (Å²) in [5, 5.41) is 2.73. The highest BCUT2D eigenvalue weighted by atomic mass is 35.5. The Bertz CT molecular complexity index is 1050. The normalized spacial score (nSPS) is 22.5. The summed E-state index contributed by atoms with van der Waals surface area (Å²) in [5.74, 6) is 0.198. The largest absolute Gasteiger partial charge is 0.454 e. The highest BCUT2D eigenvalue weighted by Gasteiger charge is 2.35. The summed E-state index contributed by atoms with van der Waals surface area (Å²) in [6.07, 6.45) is -0.474. The number of nitrogens with zero attached hydrogens (tertiary/aromatic N) is 1. The van der Waals surface area contributed by atoms with Crippen molar-refractivity contribution in [3.05, 3.63) is 47.0 Å². The van der Waals surface area contributed by atoms with Crippen LogP contribution < -0.4 is 10.1 Å². The van der Waals surface area contributed by atoms with Crippen LogP contribution >= 0.6 is 11.6 Å². The third-order valence-electron chi connectivity index (χ3n) is 4.64. The first-order valence-electron chi connectivity index (χ1n) is 8.83. The Hall–Kier alpha value is -2.13. The molecule has 2 aliphatic heterocycles. The zero-order valence-corrected chi connectivity index (χ0v) is 16.9. The van der Waals surface area contributed by atoms with Crippen LogP contribution in [-0.4, -0.2) is 43.9 Å². The summed E-state index contributed by atoms with van der Waals surface area (Å²) in [4.78, 5) is 12.6. The number of anilines is 1. The zero-order chi connectivity index (χ0) is 20.1. The number of carbonyl (C=O) groups excluding carboxylic acids is 1. The number of para-hydroxylation sites is 2. The molecule has 0 saturated carbocycles. The summed E-state index contributed by atoms with van der Waals surface area (Å²) in [5.41, 5.74) is 0.605. The van der Waals surface area contributed by atoms with Gasteiger partial charge in [0.05, 0.1) is 28.5 Å². The molecule has 0 aliphatic carbocycles. The maximum absolute atomic E-state index is 13.2. The number of benzene rings is 2. The lowest BCUT2D eigenvalue weighted by molar-refractivity contribution is -0.0440. The second-order valence-corrected chi connectivity index (χ2v) is 9.22. The number of amides is 1. The number of halogens is 1. The van der Waals surface area contributed by atoms with Crippen LogP contribution in [0.3, 0.4) is 0 Å². The number of hydrogen-bond donors (Lipinski definition) is 1. The number of ether oxygens (including phenoxy) is 2. The first-order chi connectivity index (χ1) is 13.3. The fourth-order valence-electron chi connectivity index (χ4n) is 3.43. The van der Waals surface area contributed by atoms with E-state index < -0.39 is 15.9 Å². The molecule has 2 heterocycles. The number of fused-ring (bicyclic) bond motifs is 2. The quantitative estimate of drug-likeness (QED) is 0.800. The molecule has 2 atom stereocenters. The molecular weight excluding hydrogens is 404 g/mol. The van der Waals surface area contributed by atoms with Crippen molar-refractivity contribution in [1.82, 2.24) is 4.31 Å². The molecule has 2 aliphatic rings. The predicted molar refractivity (Wildman–Crippen MR) is 105 cm³/mol. The van der Waals surface area contributed by atoms with Crippen LogP contribution in [-0.2, 0) is 14.8 Å². The van der Waals surface area contributed by atoms with Crippen molar-refractivity contribution in [3.8, 4) is 11.5 Å². The number of hydrogen-bond acceptors (Lipinski definition) is 5. The topological polar surface area (TPSA) is 84.9 Å². The lowest BCUT2D eigenvalue weighted by Crippen LogP contribution is -2.48. The Morgan fingerprint density at radius 3 is 2.50 bits per heavy atom. The number of morpholine rings is 1. The highest BCUT2D eigenvalue weighted by Crippen LogP contribution is 2.39. The predicted octanol–water partition coefficient (Wildman–Crippen LogP) is 3.50. The van der Waals surface area contributed by atoms with Gasteiger partial charge in [0.15, 0.2) is 5.75 Å². The van der Waals surface area contributed by atoms with Crippen molar-refractivity contribution < 1.29 is 22.7 Å². The Morgan fingerprint density at radius 1 is 1.11 bits per heavy atom. The monoisotopic (exact) mass is 422 g/mol. The van der Waals surface area contributed by atoms with Gasteiger partial charge in [0.25, 0.3) is 5.91 Å². The van der Waals surface area contributed by atoms with E-state index in [9.17, 15) is 13.2 Å². The van der Waals surface area contributed by atoms with Crippen LogP contribution in [0.5, 0.6) is 11.5 Å². The van der Waals surface area contributed by atoms with Gasteiger partial charge in [0.2, 0.25) is 10.0 Å². The lowest BCUT2D eigenvalue weighted by atomic mass is 10.2. The van der Waals surface area contributed by atoms with Gasteiger partial charge in [-0.05, 0) is 32.0 Å². The molecule has 1 amide bonds. The summed E-state index contributed by atoms with van der Waals surface area (Å²) >= 11 is 6.32. The molecule has 0 radical (unpaired) electrons. The third kappa shape index (κ3) is 3.37. The Kier molecular flexibility index (Phi) is 4.83. The molecule has 7 nitrogen and oxygen atoms in total. The van der Waals surface area contributed by atoms with E-state index in [1.54, 1.807) is 24.3 Å². The second kappa shape index (κ2) is 7.04. The second-order valence-electron chi connectivity index (χ2n) is 6.91. The minimum atomic E-state index is -3.91. The van der Waals surface area contributed by atoms with Crippen LogP contribution in [0.2, 0.25) is 5.02 Å². The van der Waals surface area contributed by atoms with E-state index in [2.05, 4.69) is 5.32 Å². The fourth-order valence-corrected chi connectivity index (χ4v) is 5.54. The van der Waals surface area contributed by atoms with Crippen LogP contribution in [0.25, 0.3) is 0 Å². The van der Waals surface area contributed by atoms with Crippen molar-refractivity contribution in [1.29, 1.82) is 0 Å². The van der Waals surface area contributed by atoms with Gasteiger partial charge in [0, 0.05) is 19.2 Å². The molecule has 4 rings (SSSR count). The van der Waals surface area contributed by atoms with E-state index in [-0.39, 0.29) is 46.5 Å². The van der Waals surface area contributed by atoms with Gasteiger partial charge in [-0.3, -0.25) is 4.79 Å². The molecule has 2 aromatic carbocycles. The summed E-state index contributed by atoms with van der Waals surface area (Å²) in [7, 11) is -3.91. The summed E-state index contributed by atoms with van der Waals surface area (Å²) in [6, 6.07) is 9.60. The molecule has 2 unspecified atom stereocenters.